The van der Waals surface area contributed by atoms with E-state index in [0.717, 1.165) is 11.1 Å². The SMILES string of the molecule is Cc1ccc(Cl)cc1-n1nc(O[C@H](C)C(=O)NCc2ccc3c(c2)OCO3)ccc1=O. The van der Waals surface area contributed by atoms with E-state index in [1.54, 1.807) is 31.2 Å². The fourth-order valence-electron chi connectivity index (χ4n) is 3.06. The average Bonchev–Trinajstić information content (AvgIpc) is 3.23. The van der Waals surface area contributed by atoms with E-state index < -0.39 is 6.10 Å². The molecule has 1 amide bonds. The van der Waals surface area contributed by atoms with Gasteiger partial charge in [-0.15, -0.1) is 5.10 Å². The van der Waals surface area contributed by atoms with Gasteiger partial charge in [0.15, 0.2) is 17.6 Å². The number of ether oxygens (including phenoxy) is 3. The molecular formula is C22H20ClN3O5. The normalized spacial score (nSPS) is 13.0. The third-order valence-corrected chi connectivity index (χ3v) is 4.98. The molecule has 160 valence electrons. The Hall–Kier alpha value is -3.52. The van der Waals surface area contributed by atoms with Crippen molar-refractivity contribution in [1.29, 1.82) is 0 Å². The van der Waals surface area contributed by atoms with Crippen LogP contribution in [0.2, 0.25) is 5.02 Å². The van der Waals surface area contributed by atoms with E-state index in [2.05, 4.69) is 10.4 Å². The molecule has 1 aliphatic heterocycles. The van der Waals surface area contributed by atoms with Gasteiger partial charge in [0, 0.05) is 23.7 Å². The lowest BCUT2D eigenvalue weighted by atomic mass is 10.2. The van der Waals surface area contributed by atoms with E-state index >= 15 is 0 Å². The van der Waals surface area contributed by atoms with Crippen molar-refractivity contribution in [2.75, 3.05) is 6.79 Å². The number of benzene rings is 2. The highest BCUT2D eigenvalue weighted by atomic mass is 35.5. The number of rotatable bonds is 6. The van der Waals surface area contributed by atoms with Crippen LogP contribution in [0.5, 0.6) is 17.4 Å². The summed E-state index contributed by atoms with van der Waals surface area (Å²) in [5.74, 6) is 1.16. The summed E-state index contributed by atoms with van der Waals surface area (Å²) in [5.41, 5.74) is 1.90. The van der Waals surface area contributed by atoms with Gasteiger partial charge in [0.1, 0.15) is 0 Å². The van der Waals surface area contributed by atoms with Crippen molar-refractivity contribution in [3.63, 3.8) is 0 Å². The minimum absolute atomic E-state index is 0.143. The molecule has 1 aliphatic rings. The summed E-state index contributed by atoms with van der Waals surface area (Å²) < 4.78 is 17.5. The fourth-order valence-corrected chi connectivity index (χ4v) is 3.23. The number of carbonyl (C=O) groups excluding carboxylic acids is 1. The van der Waals surface area contributed by atoms with E-state index in [1.807, 2.05) is 19.1 Å². The average molecular weight is 442 g/mol. The summed E-state index contributed by atoms with van der Waals surface area (Å²) in [4.78, 5) is 24.8. The van der Waals surface area contributed by atoms with E-state index in [1.165, 1.54) is 16.8 Å². The molecule has 1 N–H and O–H groups in total. The van der Waals surface area contributed by atoms with Crippen molar-refractivity contribution in [2.45, 2.75) is 26.5 Å². The Balaban J connectivity index is 1.43. The molecule has 0 spiro atoms. The van der Waals surface area contributed by atoms with Gasteiger partial charge in [0.25, 0.3) is 11.5 Å². The predicted molar refractivity (Wildman–Crippen MR) is 114 cm³/mol. The first kappa shape index (κ1) is 20.7. The lowest BCUT2D eigenvalue weighted by molar-refractivity contribution is -0.127. The van der Waals surface area contributed by atoms with Gasteiger partial charge in [-0.25, -0.2) is 0 Å². The lowest BCUT2D eigenvalue weighted by Crippen LogP contribution is -2.36. The molecule has 0 radical (unpaired) electrons. The summed E-state index contributed by atoms with van der Waals surface area (Å²) in [5, 5.41) is 7.53. The summed E-state index contributed by atoms with van der Waals surface area (Å²) in [6.45, 7) is 3.95. The van der Waals surface area contributed by atoms with Crippen molar-refractivity contribution >= 4 is 17.5 Å². The molecule has 0 saturated carbocycles. The number of nitrogens with one attached hydrogen (secondary N) is 1. The number of hydrogen-bond donors (Lipinski definition) is 1. The maximum Gasteiger partial charge on any atom is 0.271 e. The zero-order valence-corrected chi connectivity index (χ0v) is 17.7. The second-order valence-electron chi connectivity index (χ2n) is 7.02. The summed E-state index contributed by atoms with van der Waals surface area (Å²) in [7, 11) is 0. The van der Waals surface area contributed by atoms with Crippen LogP contribution in [0.1, 0.15) is 18.1 Å². The smallest absolute Gasteiger partial charge is 0.271 e. The van der Waals surface area contributed by atoms with Crippen LogP contribution in [0.4, 0.5) is 0 Å². The van der Waals surface area contributed by atoms with Crippen LogP contribution in [-0.4, -0.2) is 28.6 Å². The number of amides is 1. The number of aryl methyl sites for hydroxylation is 1. The first-order valence-corrected chi connectivity index (χ1v) is 9.98. The molecule has 1 atom stereocenters. The standard InChI is InChI=1S/C22H20ClN3O5/c1-13-3-5-16(23)10-17(13)26-21(27)8-7-20(25-26)31-14(2)22(28)24-11-15-4-6-18-19(9-15)30-12-29-18/h3-10,14H,11-12H2,1-2H3,(H,24,28)/t14-/m1/s1. The number of aromatic nitrogens is 2. The number of nitrogens with zero attached hydrogens (tertiary/aromatic N) is 2. The monoisotopic (exact) mass is 441 g/mol. The van der Waals surface area contributed by atoms with Crippen LogP contribution in [-0.2, 0) is 11.3 Å². The quantitative estimate of drug-likeness (QED) is 0.632. The Labute approximate surface area is 183 Å². The second-order valence-corrected chi connectivity index (χ2v) is 7.45. The predicted octanol–water partition coefficient (Wildman–Crippen LogP) is 3.01. The number of halogens is 1. The Bertz CT molecular complexity index is 1190. The molecule has 9 heteroatoms. The largest absolute Gasteiger partial charge is 0.464 e. The highest BCUT2D eigenvalue weighted by Crippen LogP contribution is 2.32. The highest BCUT2D eigenvalue weighted by molar-refractivity contribution is 6.30. The van der Waals surface area contributed by atoms with Gasteiger partial charge >= 0.3 is 0 Å². The van der Waals surface area contributed by atoms with Crippen molar-refractivity contribution in [2.24, 2.45) is 0 Å². The molecule has 4 rings (SSSR count). The number of hydrogen-bond acceptors (Lipinski definition) is 6. The maximum atomic E-state index is 12.5. The van der Waals surface area contributed by atoms with Gasteiger partial charge in [0.05, 0.1) is 5.69 Å². The molecule has 0 unspecified atom stereocenters. The van der Waals surface area contributed by atoms with Gasteiger partial charge in [-0.1, -0.05) is 23.7 Å². The van der Waals surface area contributed by atoms with E-state index in [-0.39, 0.29) is 24.1 Å². The molecule has 0 aliphatic carbocycles. The van der Waals surface area contributed by atoms with Gasteiger partial charge in [-0.3, -0.25) is 9.59 Å². The van der Waals surface area contributed by atoms with Crippen LogP contribution in [0, 0.1) is 6.92 Å². The third kappa shape index (κ3) is 4.64. The third-order valence-electron chi connectivity index (χ3n) is 4.75. The van der Waals surface area contributed by atoms with Crippen molar-refractivity contribution in [1.82, 2.24) is 15.1 Å². The number of fused-ring (bicyclic) bond motifs is 1. The van der Waals surface area contributed by atoms with E-state index in [0.29, 0.717) is 28.8 Å². The van der Waals surface area contributed by atoms with Gasteiger partial charge in [0.2, 0.25) is 12.7 Å². The first-order valence-electron chi connectivity index (χ1n) is 9.60. The Morgan fingerprint density at radius 2 is 2.00 bits per heavy atom. The zero-order chi connectivity index (χ0) is 22.0. The van der Waals surface area contributed by atoms with Crippen LogP contribution in [0.15, 0.2) is 53.3 Å². The maximum absolute atomic E-state index is 12.5. The molecule has 0 bridgehead atoms. The van der Waals surface area contributed by atoms with Crippen molar-refractivity contribution in [3.8, 4) is 23.1 Å². The topological polar surface area (TPSA) is 91.7 Å². The van der Waals surface area contributed by atoms with Crippen LogP contribution >= 0.6 is 11.6 Å². The van der Waals surface area contributed by atoms with Crippen molar-refractivity contribution in [3.05, 3.63) is 75.0 Å². The molecule has 0 fully saturated rings. The molecule has 0 saturated heterocycles. The number of carbonyl (C=O) groups is 1. The summed E-state index contributed by atoms with van der Waals surface area (Å²) >= 11 is 6.06. The first-order chi connectivity index (χ1) is 14.9. The Kier molecular flexibility index (Phi) is 5.81. The van der Waals surface area contributed by atoms with E-state index in [9.17, 15) is 9.59 Å². The highest BCUT2D eigenvalue weighted by Gasteiger charge is 2.18. The fraction of sp³-hybridized carbons (Fsp3) is 0.227. The summed E-state index contributed by atoms with van der Waals surface area (Å²) in [6.07, 6.45) is -0.826. The molecule has 2 heterocycles. The van der Waals surface area contributed by atoms with Gasteiger partial charge < -0.3 is 19.5 Å². The van der Waals surface area contributed by atoms with Crippen LogP contribution in [0.3, 0.4) is 0 Å². The van der Waals surface area contributed by atoms with Crippen LogP contribution < -0.4 is 25.1 Å². The molecule has 31 heavy (non-hydrogen) atoms. The molecular weight excluding hydrogens is 422 g/mol. The minimum atomic E-state index is -0.826. The van der Waals surface area contributed by atoms with Crippen molar-refractivity contribution < 1.29 is 19.0 Å². The molecule has 2 aromatic carbocycles. The molecule has 8 nitrogen and oxygen atoms in total. The molecule has 1 aromatic heterocycles. The molecule has 3 aromatic rings. The Morgan fingerprint density at radius 3 is 2.84 bits per heavy atom. The minimum Gasteiger partial charge on any atom is -0.464 e. The van der Waals surface area contributed by atoms with Gasteiger partial charge in [-0.2, -0.15) is 4.68 Å². The second kappa shape index (κ2) is 8.69. The van der Waals surface area contributed by atoms with E-state index in [4.69, 9.17) is 25.8 Å². The summed E-state index contributed by atoms with van der Waals surface area (Å²) in [6, 6.07) is 13.4. The zero-order valence-electron chi connectivity index (χ0n) is 16.9. The van der Waals surface area contributed by atoms with Crippen LogP contribution in [0.25, 0.3) is 5.69 Å². The Morgan fingerprint density at radius 1 is 1.19 bits per heavy atom. The lowest BCUT2D eigenvalue weighted by Gasteiger charge is -2.15. The van der Waals surface area contributed by atoms with Gasteiger partial charge in [-0.05, 0) is 49.2 Å².